The van der Waals surface area contributed by atoms with Crippen LogP contribution in [-0.2, 0) is 12.8 Å². The van der Waals surface area contributed by atoms with Crippen LogP contribution in [0.3, 0.4) is 0 Å². The first-order valence-corrected chi connectivity index (χ1v) is 6.83. The lowest BCUT2D eigenvalue weighted by Crippen LogP contribution is -2.25. The van der Waals surface area contributed by atoms with E-state index in [4.69, 9.17) is 15.2 Å². The zero-order chi connectivity index (χ0) is 15.2. The van der Waals surface area contributed by atoms with Crippen molar-refractivity contribution < 1.29 is 13.9 Å². The van der Waals surface area contributed by atoms with Gasteiger partial charge in [-0.2, -0.15) is 0 Å². The van der Waals surface area contributed by atoms with Gasteiger partial charge in [0.05, 0.1) is 14.2 Å². The fraction of sp³-hybridized carbons (Fsp3) is 0.294. The lowest BCUT2D eigenvalue weighted by Gasteiger charge is -2.14. The lowest BCUT2D eigenvalue weighted by molar-refractivity contribution is 0.354. The molecule has 0 radical (unpaired) electrons. The van der Waals surface area contributed by atoms with Crippen molar-refractivity contribution in [3.05, 3.63) is 59.4 Å². The summed E-state index contributed by atoms with van der Waals surface area (Å²) in [4.78, 5) is 0. The molecule has 0 fully saturated rings. The van der Waals surface area contributed by atoms with Crippen LogP contribution in [0.5, 0.6) is 11.5 Å². The first kappa shape index (κ1) is 15.3. The highest BCUT2D eigenvalue weighted by Gasteiger charge is 2.09. The third-order valence-electron chi connectivity index (χ3n) is 3.36. The molecule has 1 atom stereocenters. The minimum absolute atomic E-state index is 0.0337. The smallest absolute Gasteiger partial charge is 0.160 e. The van der Waals surface area contributed by atoms with E-state index in [1.54, 1.807) is 26.4 Å². The Morgan fingerprint density at radius 1 is 0.905 bits per heavy atom. The van der Waals surface area contributed by atoms with Gasteiger partial charge in [-0.05, 0) is 48.2 Å². The number of hydrogen-bond donors (Lipinski definition) is 1. The fourth-order valence-corrected chi connectivity index (χ4v) is 2.31. The summed E-state index contributed by atoms with van der Waals surface area (Å²) in [5.41, 5.74) is 8.29. The van der Waals surface area contributed by atoms with E-state index in [2.05, 4.69) is 0 Å². The van der Waals surface area contributed by atoms with Gasteiger partial charge in [0.15, 0.2) is 11.5 Å². The van der Waals surface area contributed by atoms with Crippen LogP contribution in [0, 0.1) is 5.82 Å². The van der Waals surface area contributed by atoms with E-state index in [0.29, 0.717) is 17.9 Å². The third kappa shape index (κ3) is 4.20. The number of ether oxygens (including phenoxy) is 2. The minimum atomic E-state index is -0.229. The van der Waals surface area contributed by atoms with E-state index in [0.717, 1.165) is 17.5 Å². The molecule has 2 aromatic rings. The van der Waals surface area contributed by atoms with E-state index >= 15 is 0 Å². The van der Waals surface area contributed by atoms with Gasteiger partial charge in [0.2, 0.25) is 0 Å². The maximum absolute atomic E-state index is 12.9. The molecular formula is C17H20FNO2. The van der Waals surface area contributed by atoms with Gasteiger partial charge < -0.3 is 15.2 Å². The van der Waals surface area contributed by atoms with Crippen LogP contribution in [0.25, 0.3) is 0 Å². The molecule has 2 aromatic carbocycles. The summed E-state index contributed by atoms with van der Waals surface area (Å²) in [6.45, 7) is 0. The Kier molecular flexibility index (Phi) is 5.17. The fourth-order valence-electron chi connectivity index (χ4n) is 2.31. The minimum Gasteiger partial charge on any atom is -0.493 e. The second kappa shape index (κ2) is 7.09. The monoisotopic (exact) mass is 289 g/mol. The van der Waals surface area contributed by atoms with Crippen molar-refractivity contribution in [1.82, 2.24) is 0 Å². The molecule has 0 aliphatic rings. The van der Waals surface area contributed by atoms with Crippen LogP contribution >= 0.6 is 0 Å². The van der Waals surface area contributed by atoms with E-state index in [-0.39, 0.29) is 11.9 Å². The molecule has 0 aromatic heterocycles. The van der Waals surface area contributed by atoms with Crippen molar-refractivity contribution in [2.75, 3.05) is 14.2 Å². The second-order valence-electron chi connectivity index (χ2n) is 4.98. The molecule has 21 heavy (non-hydrogen) atoms. The number of benzene rings is 2. The molecule has 2 N–H and O–H groups in total. The van der Waals surface area contributed by atoms with Gasteiger partial charge in [0, 0.05) is 6.04 Å². The molecule has 0 spiro atoms. The standard InChI is InChI=1S/C17H20FNO2/c1-20-16-8-5-13(11-17(16)21-2)10-15(19)9-12-3-6-14(18)7-4-12/h3-8,11,15H,9-10,19H2,1-2H3. The highest BCUT2D eigenvalue weighted by Crippen LogP contribution is 2.28. The topological polar surface area (TPSA) is 44.5 Å². The largest absolute Gasteiger partial charge is 0.493 e. The van der Waals surface area contributed by atoms with Gasteiger partial charge in [-0.3, -0.25) is 0 Å². The first-order chi connectivity index (χ1) is 10.1. The van der Waals surface area contributed by atoms with Gasteiger partial charge in [0.1, 0.15) is 5.82 Å². The molecule has 2 rings (SSSR count). The quantitative estimate of drug-likeness (QED) is 0.889. The molecule has 0 saturated heterocycles. The molecule has 0 saturated carbocycles. The molecule has 0 aliphatic carbocycles. The summed E-state index contributed by atoms with van der Waals surface area (Å²) >= 11 is 0. The van der Waals surface area contributed by atoms with Gasteiger partial charge in [-0.1, -0.05) is 18.2 Å². The predicted octanol–water partition coefficient (Wildman–Crippen LogP) is 2.96. The molecule has 0 amide bonds. The van der Waals surface area contributed by atoms with Crippen LogP contribution in [0.15, 0.2) is 42.5 Å². The van der Waals surface area contributed by atoms with Crippen molar-refractivity contribution in [1.29, 1.82) is 0 Å². The average molecular weight is 289 g/mol. The van der Waals surface area contributed by atoms with Gasteiger partial charge in [-0.15, -0.1) is 0 Å². The van der Waals surface area contributed by atoms with Gasteiger partial charge >= 0.3 is 0 Å². The van der Waals surface area contributed by atoms with Crippen LogP contribution < -0.4 is 15.2 Å². The summed E-state index contributed by atoms with van der Waals surface area (Å²) < 4.78 is 23.4. The number of rotatable bonds is 6. The maximum Gasteiger partial charge on any atom is 0.160 e. The highest BCUT2D eigenvalue weighted by molar-refractivity contribution is 5.43. The first-order valence-electron chi connectivity index (χ1n) is 6.83. The third-order valence-corrected chi connectivity index (χ3v) is 3.36. The zero-order valence-corrected chi connectivity index (χ0v) is 12.3. The van der Waals surface area contributed by atoms with E-state index < -0.39 is 0 Å². The zero-order valence-electron chi connectivity index (χ0n) is 12.3. The number of nitrogens with two attached hydrogens (primary N) is 1. The van der Waals surface area contributed by atoms with Crippen LogP contribution in [-0.4, -0.2) is 20.3 Å². The lowest BCUT2D eigenvalue weighted by atomic mass is 9.99. The molecule has 112 valence electrons. The van der Waals surface area contributed by atoms with Crippen molar-refractivity contribution in [3.63, 3.8) is 0 Å². The van der Waals surface area contributed by atoms with Gasteiger partial charge in [0.25, 0.3) is 0 Å². The molecule has 0 bridgehead atoms. The van der Waals surface area contributed by atoms with E-state index in [1.807, 2.05) is 18.2 Å². The summed E-state index contributed by atoms with van der Waals surface area (Å²) in [6, 6.07) is 12.2. The summed E-state index contributed by atoms with van der Waals surface area (Å²) in [5, 5.41) is 0. The van der Waals surface area contributed by atoms with Gasteiger partial charge in [-0.25, -0.2) is 4.39 Å². The van der Waals surface area contributed by atoms with Crippen molar-refractivity contribution in [2.45, 2.75) is 18.9 Å². The van der Waals surface area contributed by atoms with E-state index in [9.17, 15) is 4.39 Å². The number of hydrogen-bond acceptors (Lipinski definition) is 3. The van der Waals surface area contributed by atoms with Crippen LogP contribution in [0.4, 0.5) is 4.39 Å². The molecule has 3 nitrogen and oxygen atoms in total. The maximum atomic E-state index is 12.9. The Labute approximate surface area is 124 Å². The average Bonchev–Trinajstić information content (AvgIpc) is 2.49. The SMILES string of the molecule is COc1ccc(CC(N)Cc2ccc(F)cc2)cc1OC. The Morgan fingerprint density at radius 2 is 1.48 bits per heavy atom. The summed E-state index contributed by atoms with van der Waals surface area (Å²) in [7, 11) is 3.22. The Hall–Kier alpha value is -2.07. The number of halogens is 1. The molecule has 1 unspecified atom stereocenters. The molecule has 4 heteroatoms. The van der Waals surface area contributed by atoms with Crippen molar-refractivity contribution >= 4 is 0 Å². The Morgan fingerprint density at radius 3 is 2.10 bits per heavy atom. The van der Waals surface area contributed by atoms with Crippen molar-refractivity contribution in [2.24, 2.45) is 5.73 Å². The second-order valence-corrected chi connectivity index (χ2v) is 4.98. The van der Waals surface area contributed by atoms with Crippen molar-refractivity contribution in [3.8, 4) is 11.5 Å². The Bertz CT molecular complexity index is 584. The molecule has 0 aliphatic heterocycles. The van der Waals surface area contributed by atoms with E-state index in [1.165, 1.54) is 12.1 Å². The molecule has 0 heterocycles. The highest BCUT2D eigenvalue weighted by atomic mass is 19.1. The predicted molar refractivity (Wildman–Crippen MR) is 81.3 cm³/mol. The summed E-state index contributed by atoms with van der Waals surface area (Å²) in [6.07, 6.45) is 1.42. The number of methoxy groups -OCH3 is 2. The Balaban J connectivity index is 2.02. The summed E-state index contributed by atoms with van der Waals surface area (Å²) in [5.74, 6) is 1.17. The molecular weight excluding hydrogens is 269 g/mol. The normalized spacial score (nSPS) is 12.0. The van der Waals surface area contributed by atoms with Crippen LogP contribution in [0.1, 0.15) is 11.1 Å². The van der Waals surface area contributed by atoms with Crippen LogP contribution in [0.2, 0.25) is 0 Å².